The lowest BCUT2D eigenvalue weighted by Crippen LogP contribution is -2.06. The van der Waals surface area contributed by atoms with Crippen molar-refractivity contribution in [3.8, 4) is 0 Å². The molecule has 0 saturated heterocycles. The van der Waals surface area contributed by atoms with E-state index >= 15 is 0 Å². The maximum atomic E-state index is 6.00. The Morgan fingerprint density at radius 1 is 0.958 bits per heavy atom. The van der Waals surface area contributed by atoms with Gasteiger partial charge in [0.2, 0.25) is 5.95 Å². The van der Waals surface area contributed by atoms with Crippen LogP contribution in [-0.4, -0.2) is 9.97 Å². The molecule has 0 fully saturated rings. The van der Waals surface area contributed by atoms with Crippen LogP contribution in [-0.2, 0) is 6.54 Å². The minimum atomic E-state index is 0.566. The van der Waals surface area contributed by atoms with Crippen molar-refractivity contribution in [1.82, 2.24) is 9.97 Å². The standard InChI is InChI=1S/C19H19ClN4/c1-13-10-16(20)8-9-17(13)23-19-22-14(2)11-18(24-19)21-12-15-6-4-3-5-7-15/h3-11H,12H2,1-2H3,(H2,21,22,23,24). The molecule has 1 aromatic heterocycles. The van der Waals surface area contributed by atoms with E-state index < -0.39 is 0 Å². The van der Waals surface area contributed by atoms with Crippen LogP contribution in [0.4, 0.5) is 17.5 Å². The molecule has 1 heterocycles. The first kappa shape index (κ1) is 16.3. The average molecular weight is 339 g/mol. The average Bonchev–Trinajstić information content (AvgIpc) is 2.56. The summed E-state index contributed by atoms with van der Waals surface area (Å²) in [6.07, 6.45) is 0. The van der Waals surface area contributed by atoms with Gasteiger partial charge < -0.3 is 10.6 Å². The van der Waals surface area contributed by atoms with Gasteiger partial charge in [0.05, 0.1) is 0 Å². The number of aryl methyl sites for hydroxylation is 2. The van der Waals surface area contributed by atoms with Crippen LogP contribution >= 0.6 is 11.6 Å². The number of anilines is 3. The van der Waals surface area contributed by atoms with E-state index in [1.54, 1.807) is 0 Å². The molecule has 4 nitrogen and oxygen atoms in total. The van der Waals surface area contributed by atoms with E-state index in [2.05, 4.69) is 32.7 Å². The lowest BCUT2D eigenvalue weighted by Gasteiger charge is -2.11. The van der Waals surface area contributed by atoms with Crippen LogP contribution in [0, 0.1) is 13.8 Å². The van der Waals surface area contributed by atoms with Gasteiger partial charge in [0, 0.05) is 29.0 Å². The van der Waals surface area contributed by atoms with Gasteiger partial charge in [0.15, 0.2) is 0 Å². The third kappa shape index (κ3) is 4.24. The summed E-state index contributed by atoms with van der Waals surface area (Å²) < 4.78 is 0. The Labute approximate surface area is 146 Å². The van der Waals surface area contributed by atoms with Gasteiger partial charge in [-0.15, -0.1) is 0 Å². The fraction of sp³-hybridized carbons (Fsp3) is 0.158. The van der Waals surface area contributed by atoms with Crippen LogP contribution in [0.1, 0.15) is 16.8 Å². The molecule has 0 aliphatic rings. The molecule has 0 bridgehead atoms. The molecule has 0 radical (unpaired) electrons. The third-order valence-electron chi connectivity index (χ3n) is 3.61. The molecule has 0 amide bonds. The summed E-state index contributed by atoms with van der Waals surface area (Å²) in [4.78, 5) is 8.99. The van der Waals surface area contributed by atoms with Gasteiger partial charge >= 0.3 is 0 Å². The summed E-state index contributed by atoms with van der Waals surface area (Å²) >= 11 is 6.00. The van der Waals surface area contributed by atoms with E-state index in [0.29, 0.717) is 11.0 Å². The molecule has 0 saturated carbocycles. The number of nitrogens with one attached hydrogen (secondary N) is 2. The van der Waals surface area contributed by atoms with Crippen molar-refractivity contribution in [3.05, 3.63) is 76.4 Å². The molecule has 2 aromatic carbocycles. The van der Waals surface area contributed by atoms with E-state index in [0.717, 1.165) is 29.3 Å². The summed E-state index contributed by atoms with van der Waals surface area (Å²) in [5.41, 5.74) is 4.09. The topological polar surface area (TPSA) is 49.8 Å². The number of benzene rings is 2. The Hall–Kier alpha value is -2.59. The van der Waals surface area contributed by atoms with Crippen LogP contribution in [0.2, 0.25) is 5.02 Å². The minimum Gasteiger partial charge on any atom is -0.366 e. The lowest BCUT2D eigenvalue weighted by atomic mass is 10.2. The zero-order valence-electron chi connectivity index (χ0n) is 13.7. The van der Waals surface area contributed by atoms with Crippen molar-refractivity contribution in [2.75, 3.05) is 10.6 Å². The van der Waals surface area contributed by atoms with Crippen LogP contribution < -0.4 is 10.6 Å². The molecular formula is C19H19ClN4. The van der Waals surface area contributed by atoms with Crippen molar-refractivity contribution in [2.24, 2.45) is 0 Å². The highest BCUT2D eigenvalue weighted by Crippen LogP contribution is 2.23. The van der Waals surface area contributed by atoms with Gasteiger partial charge in [-0.1, -0.05) is 41.9 Å². The van der Waals surface area contributed by atoms with Gasteiger partial charge in [-0.25, -0.2) is 4.98 Å². The number of hydrogen-bond acceptors (Lipinski definition) is 4. The van der Waals surface area contributed by atoms with Gasteiger partial charge in [0.1, 0.15) is 5.82 Å². The Morgan fingerprint density at radius 3 is 2.50 bits per heavy atom. The Balaban J connectivity index is 1.76. The van der Waals surface area contributed by atoms with Gasteiger partial charge in [-0.05, 0) is 43.2 Å². The van der Waals surface area contributed by atoms with E-state index in [1.165, 1.54) is 5.56 Å². The summed E-state index contributed by atoms with van der Waals surface area (Å²) in [5, 5.41) is 7.31. The zero-order valence-corrected chi connectivity index (χ0v) is 14.4. The van der Waals surface area contributed by atoms with E-state index in [-0.39, 0.29) is 0 Å². The van der Waals surface area contributed by atoms with Crippen molar-refractivity contribution in [2.45, 2.75) is 20.4 Å². The lowest BCUT2D eigenvalue weighted by molar-refractivity contribution is 1.06. The second kappa shape index (κ2) is 7.32. The zero-order chi connectivity index (χ0) is 16.9. The summed E-state index contributed by atoms with van der Waals surface area (Å²) in [7, 11) is 0. The van der Waals surface area contributed by atoms with Crippen molar-refractivity contribution in [1.29, 1.82) is 0 Å². The van der Waals surface area contributed by atoms with Crippen LogP contribution in [0.3, 0.4) is 0 Å². The molecule has 122 valence electrons. The molecule has 0 atom stereocenters. The molecule has 0 aliphatic carbocycles. The number of halogens is 1. The van der Waals surface area contributed by atoms with Gasteiger partial charge in [-0.3, -0.25) is 0 Å². The van der Waals surface area contributed by atoms with Crippen LogP contribution in [0.15, 0.2) is 54.6 Å². The largest absolute Gasteiger partial charge is 0.366 e. The third-order valence-corrected chi connectivity index (χ3v) is 3.84. The first-order chi connectivity index (χ1) is 11.6. The van der Waals surface area contributed by atoms with E-state index in [1.807, 2.05) is 56.3 Å². The SMILES string of the molecule is Cc1cc(NCc2ccccc2)nc(Nc2ccc(Cl)cc2C)n1. The maximum absolute atomic E-state index is 6.00. The molecule has 0 unspecified atom stereocenters. The Kier molecular flexibility index (Phi) is 4.96. The van der Waals surface area contributed by atoms with Gasteiger partial charge in [0.25, 0.3) is 0 Å². The Morgan fingerprint density at radius 2 is 1.75 bits per heavy atom. The minimum absolute atomic E-state index is 0.566. The first-order valence-electron chi connectivity index (χ1n) is 7.77. The molecule has 0 spiro atoms. The van der Waals surface area contributed by atoms with Crippen molar-refractivity contribution >= 4 is 29.1 Å². The molecule has 0 aliphatic heterocycles. The quantitative estimate of drug-likeness (QED) is 0.679. The smallest absolute Gasteiger partial charge is 0.229 e. The number of hydrogen-bond donors (Lipinski definition) is 2. The van der Waals surface area contributed by atoms with Gasteiger partial charge in [-0.2, -0.15) is 4.98 Å². The highest BCUT2D eigenvalue weighted by Gasteiger charge is 2.05. The first-order valence-corrected chi connectivity index (χ1v) is 8.14. The van der Waals surface area contributed by atoms with Crippen LogP contribution in [0.5, 0.6) is 0 Å². The number of aromatic nitrogens is 2. The van der Waals surface area contributed by atoms with Crippen LogP contribution in [0.25, 0.3) is 0 Å². The fourth-order valence-corrected chi connectivity index (χ4v) is 2.62. The molecule has 3 rings (SSSR count). The van der Waals surface area contributed by atoms with E-state index in [4.69, 9.17) is 11.6 Å². The summed E-state index contributed by atoms with van der Waals surface area (Å²) in [5.74, 6) is 1.36. The second-order valence-electron chi connectivity index (χ2n) is 5.64. The molecule has 2 N–H and O–H groups in total. The van der Waals surface area contributed by atoms with E-state index in [9.17, 15) is 0 Å². The maximum Gasteiger partial charge on any atom is 0.229 e. The summed E-state index contributed by atoms with van der Waals surface area (Å²) in [6.45, 7) is 4.67. The highest BCUT2D eigenvalue weighted by molar-refractivity contribution is 6.30. The number of rotatable bonds is 5. The molecule has 24 heavy (non-hydrogen) atoms. The molecule has 3 aromatic rings. The van der Waals surface area contributed by atoms with Crippen molar-refractivity contribution < 1.29 is 0 Å². The predicted octanol–water partition coefficient (Wildman–Crippen LogP) is 5.10. The normalized spacial score (nSPS) is 10.5. The second-order valence-corrected chi connectivity index (χ2v) is 6.08. The molecular weight excluding hydrogens is 320 g/mol. The van der Waals surface area contributed by atoms with Crippen molar-refractivity contribution in [3.63, 3.8) is 0 Å². The predicted molar refractivity (Wildman–Crippen MR) is 100 cm³/mol. The number of nitrogens with zero attached hydrogens (tertiary/aromatic N) is 2. The fourth-order valence-electron chi connectivity index (χ4n) is 2.39. The Bertz CT molecular complexity index is 834. The summed E-state index contributed by atoms with van der Waals surface area (Å²) in [6, 6.07) is 17.8. The molecule has 5 heteroatoms. The monoisotopic (exact) mass is 338 g/mol. The highest BCUT2D eigenvalue weighted by atomic mass is 35.5.